The standard InChI is InChI=1S/C8H5N5O2/c14-5-3-13-7(11-5)6-4(10-8(13)15)1-2-9-12-6/h1-2H,3H2,(H,10,15). The number of anilines is 1. The molecule has 74 valence electrons. The minimum Gasteiger partial charge on any atom is -0.305 e. The molecule has 0 unspecified atom stereocenters. The molecule has 1 aromatic rings. The number of nitrogens with one attached hydrogen (secondary N) is 1. The molecule has 3 heterocycles. The van der Waals surface area contributed by atoms with Crippen LogP contribution in [0.1, 0.15) is 5.69 Å². The lowest BCUT2D eigenvalue weighted by Crippen LogP contribution is -2.43. The second-order valence-corrected chi connectivity index (χ2v) is 3.14. The largest absolute Gasteiger partial charge is 0.328 e. The fourth-order valence-electron chi connectivity index (χ4n) is 1.55. The monoisotopic (exact) mass is 203 g/mol. The van der Waals surface area contributed by atoms with Crippen LogP contribution in [0.4, 0.5) is 10.5 Å². The highest BCUT2D eigenvalue weighted by Gasteiger charge is 2.36. The van der Waals surface area contributed by atoms with Crippen molar-refractivity contribution in [3.05, 3.63) is 18.0 Å². The van der Waals surface area contributed by atoms with Gasteiger partial charge >= 0.3 is 6.03 Å². The summed E-state index contributed by atoms with van der Waals surface area (Å²) in [5, 5.41) is 10.1. The Hall–Kier alpha value is -2.31. The number of fused-ring (bicyclic) bond motifs is 3. The first-order valence-electron chi connectivity index (χ1n) is 4.28. The van der Waals surface area contributed by atoms with Gasteiger partial charge in [-0.25, -0.2) is 4.79 Å². The molecule has 0 saturated heterocycles. The fraction of sp³-hybridized carbons (Fsp3) is 0.125. The van der Waals surface area contributed by atoms with Gasteiger partial charge in [-0.05, 0) is 6.07 Å². The Labute approximate surface area is 83.8 Å². The van der Waals surface area contributed by atoms with Crippen molar-refractivity contribution in [2.24, 2.45) is 4.99 Å². The van der Waals surface area contributed by atoms with Gasteiger partial charge in [0.15, 0.2) is 11.5 Å². The lowest BCUT2D eigenvalue weighted by Gasteiger charge is -2.23. The number of hydrogen-bond acceptors (Lipinski definition) is 4. The predicted octanol–water partition coefficient (Wildman–Crippen LogP) is -0.389. The zero-order chi connectivity index (χ0) is 10.4. The van der Waals surface area contributed by atoms with Crippen LogP contribution in [0.25, 0.3) is 0 Å². The average molecular weight is 203 g/mol. The van der Waals surface area contributed by atoms with Crippen molar-refractivity contribution in [3.63, 3.8) is 0 Å². The minimum atomic E-state index is -0.361. The molecule has 7 heteroatoms. The maximum absolute atomic E-state index is 11.5. The topological polar surface area (TPSA) is 87.5 Å². The fourth-order valence-corrected chi connectivity index (χ4v) is 1.55. The minimum absolute atomic E-state index is 0.0306. The molecular formula is C8H5N5O2. The molecule has 2 aliphatic rings. The molecule has 0 fully saturated rings. The van der Waals surface area contributed by atoms with Crippen molar-refractivity contribution in [1.82, 2.24) is 15.1 Å². The first-order valence-corrected chi connectivity index (χ1v) is 4.28. The van der Waals surface area contributed by atoms with Crippen LogP contribution in [0, 0.1) is 0 Å². The van der Waals surface area contributed by atoms with E-state index >= 15 is 0 Å². The molecule has 3 amide bonds. The van der Waals surface area contributed by atoms with Crippen LogP contribution in [0.15, 0.2) is 17.3 Å². The summed E-state index contributed by atoms with van der Waals surface area (Å²) in [6, 6.07) is 1.25. The van der Waals surface area contributed by atoms with Gasteiger partial charge < -0.3 is 5.32 Å². The molecule has 0 aliphatic carbocycles. The molecule has 3 rings (SSSR count). The molecule has 0 spiro atoms. The highest BCUT2D eigenvalue weighted by molar-refractivity contribution is 6.23. The van der Waals surface area contributed by atoms with E-state index in [0.29, 0.717) is 11.4 Å². The number of carbonyl (C=O) groups excluding carboxylic acids is 2. The average Bonchev–Trinajstić information content (AvgIpc) is 2.61. The molecule has 0 saturated carbocycles. The maximum atomic E-state index is 11.5. The summed E-state index contributed by atoms with van der Waals surface area (Å²) in [6.45, 7) is -0.0306. The third kappa shape index (κ3) is 1.03. The van der Waals surface area contributed by atoms with Gasteiger partial charge in [0.1, 0.15) is 6.54 Å². The van der Waals surface area contributed by atoms with Crippen molar-refractivity contribution >= 4 is 23.5 Å². The van der Waals surface area contributed by atoms with Gasteiger partial charge in [-0.3, -0.25) is 9.69 Å². The highest BCUT2D eigenvalue weighted by atomic mass is 16.2. The lowest BCUT2D eigenvalue weighted by atomic mass is 10.2. The van der Waals surface area contributed by atoms with Crippen molar-refractivity contribution in [3.8, 4) is 0 Å². The number of rotatable bonds is 0. The Balaban J connectivity index is 2.22. The zero-order valence-corrected chi connectivity index (χ0v) is 7.47. The van der Waals surface area contributed by atoms with Crippen LogP contribution in [0.2, 0.25) is 0 Å². The Morgan fingerprint density at radius 3 is 3.13 bits per heavy atom. The number of aliphatic imine (C=N–C) groups is 1. The third-order valence-corrected chi connectivity index (χ3v) is 2.20. The van der Waals surface area contributed by atoms with E-state index in [2.05, 4.69) is 20.5 Å². The van der Waals surface area contributed by atoms with Crippen molar-refractivity contribution in [2.45, 2.75) is 0 Å². The second-order valence-electron chi connectivity index (χ2n) is 3.14. The van der Waals surface area contributed by atoms with E-state index in [1.165, 1.54) is 11.1 Å². The quantitative estimate of drug-likeness (QED) is 0.622. The number of hydrogen-bond donors (Lipinski definition) is 1. The summed E-state index contributed by atoms with van der Waals surface area (Å²) in [6.07, 6.45) is 1.46. The molecule has 1 N–H and O–H groups in total. The molecule has 2 aliphatic heterocycles. The van der Waals surface area contributed by atoms with E-state index < -0.39 is 0 Å². The number of nitrogens with zero attached hydrogens (tertiary/aromatic N) is 4. The van der Waals surface area contributed by atoms with Gasteiger partial charge in [0.05, 0.1) is 11.9 Å². The molecule has 0 bridgehead atoms. The van der Waals surface area contributed by atoms with Gasteiger partial charge in [-0.15, -0.1) is 5.10 Å². The van der Waals surface area contributed by atoms with Crippen LogP contribution in [-0.4, -0.2) is 39.4 Å². The number of carbonyl (C=O) groups is 2. The molecule has 0 atom stereocenters. The first kappa shape index (κ1) is 8.04. The normalized spacial score (nSPS) is 18.1. The Bertz CT molecular complexity index is 510. The highest BCUT2D eigenvalue weighted by Crippen LogP contribution is 2.23. The van der Waals surface area contributed by atoms with E-state index in [1.807, 2.05) is 0 Å². The molecular weight excluding hydrogens is 198 g/mol. The summed E-state index contributed by atoms with van der Waals surface area (Å²) in [7, 11) is 0. The van der Waals surface area contributed by atoms with Crippen molar-refractivity contribution < 1.29 is 9.59 Å². The van der Waals surface area contributed by atoms with Gasteiger partial charge in [0.2, 0.25) is 0 Å². The molecule has 0 aromatic carbocycles. The van der Waals surface area contributed by atoms with Gasteiger partial charge in [0.25, 0.3) is 5.91 Å². The predicted molar refractivity (Wildman–Crippen MR) is 49.3 cm³/mol. The van der Waals surface area contributed by atoms with Crippen LogP contribution in [0.5, 0.6) is 0 Å². The first-order chi connectivity index (χ1) is 7.25. The molecule has 1 aromatic heterocycles. The lowest BCUT2D eigenvalue weighted by molar-refractivity contribution is -0.116. The molecule has 0 radical (unpaired) electrons. The summed E-state index contributed by atoms with van der Waals surface area (Å²) in [4.78, 5) is 27.6. The Kier molecular flexibility index (Phi) is 1.39. The van der Waals surface area contributed by atoms with Crippen LogP contribution < -0.4 is 5.32 Å². The van der Waals surface area contributed by atoms with Crippen LogP contribution >= 0.6 is 0 Å². The van der Waals surface area contributed by atoms with E-state index in [1.54, 1.807) is 6.07 Å². The van der Waals surface area contributed by atoms with E-state index in [-0.39, 0.29) is 24.3 Å². The second kappa shape index (κ2) is 2.59. The van der Waals surface area contributed by atoms with Gasteiger partial charge in [-0.2, -0.15) is 10.1 Å². The molecule has 7 nitrogen and oxygen atoms in total. The zero-order valence-electron chi connectivity index (χ0n) is 7.47. The number of amides is 3. The Morgan fingerprint density at radius 1 is 1.40 bits per heavy atom. The van der Waals surface area contributed by atoms with E-state index in [0.717, 1.165) is 0 Å². The number of aromatic nitrogens is 2. The van der Waals surface area contributed by atoms with E-state index in [9.17, 15) is 9.59 Å². The van der Waals surface area contributed by atoms with Crippen molar-refractivity contribution in [1.29, 1.82) is 0 Å². The number of urea groups is 1. The van der Waals surface area contributed by atoms with Gasteiger partial charge in [-0.1, -0.05) is 0 Å². The number of amidine groups is 1. The van der Waals surface area contributed by atoms with Crippen LogP contribution in [0.3, 0.4) is 0 Å². The van der Waals surface area contributed by atoms with Crippen molar-refractivity contribution in [2.75, 3.05) is 11.9 Å². The van der Waals surface area contributed by atoms with E-state index in [4.69, 9.17) is 0 Å². The Morgan fingerprint density at radius 2 is 2.27 bits per heavy atom. The third-order valence-electron chi connectivity index (χ3n) is 2.20. The van der Waals surface area contributed by atoms with Crippen LogP contribution in [-0.2, 0) is 4.79 Å². The SMILES string of the molecule is O=C1CN2C(=O)Nc3ccnnc3C2=N1. The smallest absolute Gasteiger partial charge is 0.305 e. The summed E-state index contributed by atoms with van der Waals surface area (Å²) < 4.78 is 0. The summed E-state index contributed by atoms with van der Waals surface area (Å²) >= 11 is 0. The summed E-state index contributed by atoms with van der Waals surface area (Å²) in [5.41, 5.74) is 0.961. The van der Waals surface area contributed by atoms with Gasteiger partial charge in [0, 0.05) is 0 Å². The summed E-state index contributed by atoms with van der Waals surface area (Å²) in [5.74, 6) is -0.0643. The molecule has 15 heavy (non-hydrogen) atoms. The maximum Gasteiger partial charge on any atom is 0.328 e.